The fraction of sp³-hybridized carbons (Fsp3) is 0.400. The van der Waals surface area contributed by atoms with E-state index in [0.29, 0.717) is 71.1 Å². The monoisotopic (exact) mass is 623 g/mol. The molecule has 1 amide bonds. The molecule has 0 radical (unpaired) electrons. The average Bonchev–Trinajstić information content (AvgIpc) is 3.47. The zero-order valence-corrected chi connectivity index (χ0v) is 23.4. The van der Waals surface area contributed by atoms with Gasteiger partial charge in [-0.2, -0.15) is 26.3 Å². The number of carboxylic acid groups (broad SMARTS) is 1. The normalized spacial score (nSPS) is 19.0. The lowest BCUT2D eigenvalue weighted by Crippen LogP contribution is -2.49. The first kappa shape index (κ1) is 30.5. The van der Waals surface area contributed by atoms with Gasteiger partial charge in [0.1, 0.15) is 4.32 Å². The molecule has 1 N–H and O–H groups in total. The van der Waals surface area contributed by atoms with Gasteiger partial charge in [0.05, 0.1) is 22.6 Å². The van der Waals surface area contributed by atoms with Crippen LogP contribution in [0.25, 0.3) is 16.7 Å². The third-order valence-electron chi connectivity index (χ3n) is 6.54. The summed E-state index contributed by atoms with van der Waals surface area (Å²) < 4.78 is 80.1. The molecule has 0 atom stereocenters. The van der Waals surface area contributed by atoms with E-state index in [1.807, 2.05) is 4.90 Å². The second-order valence-electron chi connectivity index (χ2n) is 9.28. The van der Waals surface area contributed by atoms with Crippen molar-refractivity contribution in [2.45, 2.75) is 19.3 Å². The maximum absolute atomic E-state index is 13.3. The van der Waals surface area contributed by atoms with Crippen LogP contribution in [0.1, 0.15) is 22.9 Å². The fourth-order valence-corrected chi connectivity index (χ4v) is 6.68. The van der Waals surface area contributed by atoms with Crippen molar-refractivity contribution in [3.05, 3.63) is 50.6 Å². The quantitative estimate of drug-likeness (QED) is 0.240. The SMILES string of the molecule is C/C(=C1/SC(=S)N(CCN2CCN(CC(=O)O)CC2)C1=O)c1cc(-c2cc(C(F)(F)F)cc(C(F)(F)F)c2)cs1. The highest BCUT2D eigenvalue weighted by Crippen LogP contribution is 2.42. The minimum atomic E-state index is -4.95. The summed E-state index contributed by atoms with van der Waals surface area (Å²) in [7, 11) is 0. The minimum Gasteiger partial charge on any atom is -0.480 e. The molecule has 15 heteroatoms. The van der Waals surface area contributed by atoms with Crippen LogP contribution in [0.4, 0.5) is 26.3 Å². The standard InChI is InChI=1S/C25H23F6N3O3S3/c1-14(19-10-16(13-39-19)15-8-17(24(26,27)28)11-18(9-15)25(29,30)31)21-22(37)34(23(38)40-21)7-6-32-2-4-33(5-3-32)12-20(35)36/h8-11,13H,2-7,12H2,1H3,(H,35,36)/b21-14-. The van der Waals surface area contributed by atoms with Crippen LogP contribution in [0, 0.1) is 0 Å². The van der Waals surface area contributed by atoms with Crippen LogP contribution in [0.5, 0.6) is 0 Å². The molecule has 2 saturated heterocycles. The predicted molar refractivity (Wildman–Crippen MR) is 145 cm³/mol. The van der Waals surface area contributed by atoms with E-state index in [0.717, 1.165) is 23.1 Å². The number of hydrogen-bond acceptors (Lipinski definition) is 7. The Labute approximate surface area is 239 Å². The zero-order valence-electron chi connectivity index (χ0n) is 20.9. The van der Waals surface area contributed by atoms with Crippen LogP contribution in [-0.2, 0) is 21.9 Å². The van der Waals surface area contributed by atoms with Crippen molar-refractivity contribution in [1.82, 2.24) is 14.7 Å². The van der Waals surface area contributed by atoms with Gasteiger partial charge in [0, 0.05) is 44.1 Å². The summed E-state index contributed by atoms with van der Waals surface area (Å²) in [6, 6.07) is 2.91. The van der Waals surface area contributed by atoms with Crippen LogP contribution in [0.3, 0.4) is 0 Å². The highest BCUT2D eigenvalue weighted by Gasteiger charge is 2.37. The highest BCUT2D eigenvalue weighted by molar-refractivity contribution is 8.26. The first-order valence-corrected chi connectivity index (χ1v) is 14.0. The van der Waals surface area contributed by atoms with E-state index >= 15 is 0 Å². The van der Waals surface area contributed by atoms with E-state index in [1.165, 1.54) is 16.3 Å². The maximum Gasteiger partial charge on any atom is 0.416 e. The van der Waals surface area contributed by atoms with E-state index in [-0.39, 0.29) is 29.6 Å². The third kappa shape index (κ3) is 7.05. The maximum atomic E-state index is 13.3. The molecule has 6 nitrogen and oxygen atoms in total. The number of allylic oxidation sites excluding steroid dienone is 1. The largest absolute Gasteiger partial charge is 0.480 e. The van der Waals surface area contributed by atoms with E-state index < -0.39 is 29.4 Å². The molecule has 2 aliphatic rings. The first-order valence-electron chi connectivity index (χ1n) is 11.9. The second kappa shape index (κ2) is 11.8. The van der Waals surface area contributed by atoms with Crippen molar-refractivity contribution in [1.29, 1.82) is 0 Å². The Morgan fingerprint density at radius 2 is 1.50 bits per heavy atom. The van der Waals surface area contributed by atoms with Crippen LogP contribution < -0.4 is 0 Å². The number of thioether (sulfide) groups is 1. The lowest BCUT2D eigenvalue weighted by molar-refractivity contribution is -0.143. The Bertz CT molecular complexity index is 1310. The average molecular weight is 624 g/mol. The number of carboxylic acids is 1. The summed E-state index contributed by atoms with van der Waals surface area (Å²) in [6.45, 7) is 5.02. The van der Waals surface area contributed by atoms with Gasteiger partial charge in [-0.1, -0.05) is 24.0 Å². The number of aliphatic carboxylic acids is 1. The second-order valence-corrected chi connectivity index (χ2v) is 11.8. The lowest BCUT2D eigenvalue weighted by Gasteiger charge is -2.34. The van der Waals surface area contributed by atoms with E-state index in [2.05, 4.69) is 4.90 Å². The van der Waals surface area contributed by atoms with Crippen LogP contribution in [0.15, 0.2) is 34.6 Å². The summed E-state index contributed by atoms with van der Waals surface area (Å²) in [5, 5.41) is 10.4. The van der Waals surface area contributed by atoms with Gasteiger partial charge >= 0.3 is 18.3 Å². The van der Waals surface area contributed by atoms with Gasteiger partial charge in [-0.05, 0) is 53.3 Å². The van der Waals surface area contributed by atoms with Crippen LogP contribution >= 0.6 is 35.3 Å². The number of thiophene rings is 1. The number of piperazine rings is 1. The lowest BCUT2D eigenvalue weighted by atomic mass is 10.0. The molecule has 2 aromatic rings. The fourth-order valence-electron chi connectivity index (χ4n) is 4.34. The number of thiocarbonyl (C=S) groups is 1. The molecule has 0 spiro atoms. The summed E-state index contributed by atoms with van der Waals surface area (Å²) in [4.78, 5) is 30.4. The topological polar surface area (TPSA) is 64.1 Å². The number of benzene rings is 1. The van der Waals surface area contributed by atoms with Gasteiger partial charge in [-0.25, -0.2) is 0 Å². The Balaban J connectivity index is 1.49. The van der Waals surface area contributed by atoms with Gasteiger partial charge in [0.25, 0.3) is 5.91 Å². The molecule has 40 heavy (non-hydrogen) atoms. The molecule has 0 bridgehead atoms. The summed E-state index contributed by atoms with van der Waals surface area (Å²) in [6.07, 6.45) is -9.91. The first-order chi connectivity index (χ1) is 18.6. The number of halogens is 6. The number of hydrogen-bond donors (Lipinski definition) is 1. The van der Waals surface area contributed by atoms with Gasteiger partial charge in [-0.3, -0.25) is 24.3 Å². The Hall–Kier alpha value is -2.46. The van der Waals surface area contributed by atoms with Crippen molar-refractivity contribution in [2.24, 2.45) is 0 Å². The summed E-state index contributed by atoms with van der Waals surface area (Å²) >= 11 is 7.62. The number of amides is 1. The number of rotatable bonds is 7. The number of alkyl halides is 6. The van der Waals surface area contributed by atoms with Crippen molar-refractivity contribution in [2.75, 3.05) is 45.8 Å². The van der Waals surface area contributed by atoms with Crippen molar-refractivity contribution < 1.29 is 41.0 Å². The number of carbonyl (C=O) groups is 2. The molecule has 1 aromatic heterocycles. The number of carbonyl (C=O) groups excluding carboxylic acids is 1. The van der Waals surface area contributed by atoms with Crippen LogP contribution in [-0.4, -0.2) is 81.8 Å². The molecule has 2 aliphatic heterocycles. The van der Waals surface area contributed by atoms with Gasteiger partial charge < -0.3 is 5.11 Å². The smallest absolute Gasteiger partial charge is 0.416 e. The molecular weight excluding hydrogens is 600 g/mol. The number of nitrogens with zero attached hydrogens (tertiary/aromatic N) is 3. The van der Waals surface area contributed by atoms with E-state index in [1.54, 1.807) is 6.92 Å². The molecule has 3 heterocycles. The zero-order chi connectivity index (χ0) is 29.4. The molecule has 0 unspecified atom stereocenters. The van der Waals surface area contributed by atoms with E-state index in [9.17, 15) is 35.9 Å². The summed E-state index contributed by atoms with van der Waals surface area (Å²) in [5.41, 5.74) is -2.32. The Morgan fingerprint density at radius 1 is 0.925 bits per heavy atom. The van der Waals surface area contributed by atoms with Crippen molar-refractivity contribution >= 4 is 57.1 Å². The minimum absolute atomic E-state index is 0.0195. The molecule has 2 fully saturated rings. The van der Waals surface area contributed by atoms with Gasteiger partial charge in [0.2, 0.25) is 0 Å². The van der Waals surface area contributed by atoms with Gasteiger partial charge in [0.15, 0.2) is 0 Å². The van der Waals surface area contributed by atoms with Crippen molar-refractivity contribution in [3.8, 4) is 11.1 Å². The molecule has 216 valence electrons. The predicted octanol–water partition coefficient (Wildman–Crippen LogP) is 5.75. The van der Waals surface area contributed by atoms with Crippen molar-refractivity contribution in [3.63, 3.8) is 0 Å². The molecule has 0 saturated carbocycles. The van der Waals surface area contributed by atoms with Crippen LogP contribution in [0.2, 0.25) is 0 Å². The van der Waals surface area contributed by atoms with E-state index in [4.69, 9.17) is 17.3 Å². The molecule has 1 aromatic carbocycles. The summed E-state index contributed by atoms with van der Waals surface area (Å²) in [5.74, 6) is -1.20. The molecular formula is C25H23F6N3O3S3. The van der Waals surface area contributed by atoms with Gasteiger partial charge in [-0.15, -0.1) is 11.3 Å². The Morgan fingerprint density at radius 3 is 2.05 bits per heavy atom. The Kier molecular flexibility index (Phi) is 9.00. The highest BCUT2D eigenvalue weighted by atomic mass is 32.2. The molecule has 0 aliphatic carbocycles. The third-order valence-corrected chi connectivity index (χ3v) is 9.14. The molecule has 4 rings (SSSR count).